The van der Waals surface area contributed by atoms with Gasteiger partial charge >= 0.3 is 0 Å². The molecule has 17 heavy (non-hydrogen) atoms. The summed E-state index contributed by atoms with van der Waals surface area (Å²) in [4.78, 5) is 8.51. The zero-order valence-corrected chi connectivity index (χ0v) is 10.8. The Hall–Kier alpha value is -1.63. The van der Waals surface area contributed by atoms with Crippen LogP contribution in [0.1, 0.15) is 11.5 Å². The van der Waals surface area contributed by atoms with Gasteiger partial charge in [-0.05, 0) is 6.92 Å². The Morgan fingerprint density at radius 2 is 2.12 bits per heavy atom. The molecule has 0 radical (unpaired) electrons. The second kappa shape index (κ2) is 5.13. The number of rotatable bonds is 4. The topological polar surface area (TPSA) is 68.5 Å². The largest absolute Gasteiger partial charge is 0.372 e. The van der Waals surface area contributed by atoms with Crippen molar-refractivity contribution < 1.29 is 0 Å². The smallest absolute Gasteiger partial charge is 0.191 e. The van der Waals surface area contributed by atoms with E-state index in [2.05, 4.69) is 25.5 Å². The number of aryl methyl sites for hydroxylation is 1. The second-order valence-electron chi connectivity index (χ2n) is 3.52. The Morgan fingerprint density at radius 1 is 1.29 bits per heavy atom. The molecule has 0 saturated heterocycles. The van der Waals surface area contributed by atoms with Crippen molar-refractivity contribution in [3.63, 3.8) is 0 Å². The number of hydrogen-bond donors (Lipinski definition) is 1. The molecule has 0 unspecified atom stereocenters. The van der Waals surface area contributed by atoms with E-state index in [0.29, 0.717) is 0 Å². The summed E-state index contributed by atoms with van der Waals surface area (Å²) < 4.78 is 1.96. The first-order valence-electron chi connectivity index (χ1n) is 5.18. The molecule has 6 nitrogen and oxygen atoms in total. The predicted molar refractivity (Wildman–Crippen MR) is 66.9 cm³/mol. The SMILES string of the molecule is CNc1cnc(CSc2nnc(C)n2C)cn1. The first kappa shape index (κ1) is 11.8. The molecule has 2 aromatic heterocycles. The maximum atomic E-state index is 4.30. The van der Waals surface area contributed by atoms with E-state index in [-0.39, 0.29) is 0 Å². The molecule has 0 aliphatic rings. The molecular formula is C10H14N6S. The van der Waals surface area contributed by atoms with Crippen molar-refractivity contribution in [2.45, 2.75) is 17.8 Å². The maximum absolute atomic E-state index is 4.30. The number of nitrogens with one attached hydrogen (secondary N) is 1. The van der Waals surface area contributed by atoms with Crippen molar-refractivity contribution in [1.82, 2.24) is 24.7 Å². The highest BCUT2D eigenvalue weighted by Crippen LogP contribution is 2.19. The Balaban J connectivity index is 2.00. The molecule has 0 fully saturated rings. The van der Waals surface area contributed by atoms with Crippen LogP contribution in [0.25, 0.3) is 0 Å². The minimum Gasteiger partial charge on any atom is -0.372 e. The molecule has 0 saturated carbocycles. The third-order valence-electron chi connectivity index (χ3n) is 2.36. The van der Waals surface area contributed by atoms with E-state index in [0.717, 1.165) is 28.2 Å². The van der Waals surface area contributed by atoms with E-state index in [1.165, 1.54) is 0 Å². The summed E-state index contributed by atoms with van der Waals surface area (Å²) in [5, 5.41) is 11.9. The van der Waals surface area contributed by atoms with Gasteiger partial charge in [-0.1, -0.05) is 11.8 Å². The summed E-state index contributed by atoms with van der Waals surface area (Å²) in [5.41, 5.74) is 0.926. The van der Waals surface area contributed by atoms with Crippen molar-refractivity contribution in [3.8, 4) is 0 Å². The fourth-order valence-electron chi connectivity index (χ4n) is 1.21. The highest BCUT2D eigenvalue weighted by atomic mass is 32.2. The van der Waals surface area contributed by atoms with Gasteiger partial charge in [-0.2, -0.15) is 0 Å². The molecule has 0 aliphatic heterocycles. The molecule has 0 aromatic carbocycles. The molecule has 0 spiro atoms. The van der Waals surface area contributed by atoms with Crippen molar-refractivity contribution in [2.75, 3.05) is 12.4 Å². The zero-order chi connectivity index (χ0) is 12.3. The molecule has 90 valence electrons. The quantitative estimate of drug-likeness (QED) is 0.824. The lowest BCUT2D eigenvalue weighted by Crippen LogP contribution is -1.97. The summed E-state index contributed by atoms with van der Waals surface area (Å²) in [6.07, 6.45) is 3.49. The van der Waals surface area contributed by atoms with Crippen LogP contribution < -0.4 is 5.32 Å². The summed E-state index contributed by atoms with van der Waals surface area (Å²) >= 11 is 1.60. The summed E-state index contributed by atoms with van der Waals surface area (Å²) in [5.74, 6) is 2.42. The summed E-state index contributed by atoms with van der Waals surface area (Å²) in [6, 6.07) is 0. The van der Waals surface area contributed by atoms with Crippen LogP contribution in [0.3, 0.4) is 0 Å². The van der Waals surface area contributed by atoms with Gasteiger partial charge in [-0.25, -0.2) is 4.98 Å². The van der Waals surface area contributed by atoms with Crippen molar-refractivity contribution in [3.05, 3.63) is 23.9 Å². The first-order valence-corrected chi connectivity index (χ1v) is 6.16. The molecule has 0 atom stereocenters. The van der Waals surface area contributed by atoms with Gasteiger partial charge in [0.1, 0.15) is 11.6 Å². The highest BCUT2D eigenvalue weighted by Gasteiger charge is 2.06. The van der Waals surface area contributed by atoms with Crippen LogP contribution in [-0.4, -0.2) is 31.8 Å². The van der Waals surface area contributed by atoms with Gasteiger partial charge in [0.2, 0.25) is 0 Å². The summed E-state index contributed by atoms with van der Waals surface area (Å²) in [7, 11) is 3.77. The molecule has 7 heteroatoms. The zero-order valence-electron chi connectivity index (χ0n) is 10.0. The average molecular weight is 250 g/mol. The van der Waals surface area contributed by atoms with Gasteiger partial charge in [0.05, 0.1) is 18.1 Å². The van der Waals surface area contributed by atoms with E-state index in [1.54, 1.807) is 24.2 Å². The maximum Gasteiger partial charge on any atom is 0.191 e. The molecule has 2 aromatic rings. The van der Waals surface area contributed by atoms with Crippen LogP contribution in [0.5, 0.6) is 0 Å². The van der Waals surface area contributed by atoms with Gasteiger partial charge in [-0.15, -0.1) is 10.2 Å². The molecule has 0 bridgehead atoms. The molecule has 0 amide bonds. The van der Waals surface area contributed by atoms with Crippen molar-refractivity contribution in [2.24, 2.45) is 7.05 Å². The van der Waals surface area contributed by atoms with E-state index < -0.39 is 0 Å². The van der Waals surface area contributed by atoms with Gasteiger partial charge < -0.3 is 9.88 Å². The Bertz CT molecular complexity index is 492. The Kier molecular flexibility index (Phi) is 3.58. The molecule has 0 aliphatic carbocycles. The standard InChI is InChI=1S/C10H14N6S/c1-7-14-15-10(16(7)3)17-6-8-4-13-9(11-2)5-12-8/h4-5H,6H2,1-3H3,(H,11,13). The van der Waals surface area contributed by atoms with E-state index in [1.807, 2.05) is 25.6 Å². The van der Waals surface area contributed by atoms with Crippen LogP contribution in [-0.2, 0) is 12.8 Å². The molecule has 2 rings (SSSR count). The lowest BCUT2D eigenvalue weighted by atomic mass is 10.5. The van der Waals surface area contributed by atoms with Crippen LogP contribution in [0.4, 0.5) is 5.82 Å². The van der Waals surface area contributed by atoms with Crippen LogP contribution in [0, 0.1) is 6.92 Å². The predicted octanol–water partition coefficient (Wildman–Crippen LogP) is 1.25. The fourth-order valence-corrected chi connectivity index (χ4v) is 2.06. The molecule has 1 N–H and O–H groups in total. The number of anilines is 1. The van der Waals surface area contributed by atoms with Crippen LogP contribution in [0.2, 0.25) is 0 Å². The van der Waals surface area contributed by atoms with Crippen molar-refractivity contribution >= 4 is 17.6 Å². The third-order valence-corrected chi connectivity index (χ3v) is 3.42. The number of aromatic nitrogens is 5. The lowest BCUT2D eigenvalue weighted by molar-refractivity contribution is 0.765. The Morgan fingerprint density at radius 3 is 2.65 bits per heavy atom. The van der Waals surface area contributed by atoms with Gasteiger partial charge in [0.15, 0.2) is 5.16 Å². The average Bonchev–Trinajstić information content (AvgIpc) is 2.68. The minimum atomic E-state index is 0.739. The second-order valence-corrected chi connectivity index (χ2v) is 4.46. The molecular weight excluding hydrogens is 236 g/mol. The van der Waals surface area contributed by atoms with Crippen molar-refractivity contribution in [1.29, 1.82) is 0 Å². The van der Waals surface area contributed by atoms with E-state index in [9.17, 15) is 0 Å². The monoisotopic (exact) mass is 250 g/mol. The molecule has 2 heterocycles. The number of thioether (sulfide) groups is 1. The van der Waals surface area contributed by atoms with E-state index >= 15 is 0 Å². The van der Waals surface area contributed by atoms with E-state index in [4.69, 9.17) is 0 Å². The highest BCUT2D eigenvalue weighted by molar-refractivity contribution is 7.98. The van der Waals surface area contributed by atoms with Gasteiger partial charge in [-0.3, -0.25) is 4.98 Å². The normalized spacial score (nSPS) is 10.5. The third kappa shape index (κ3) is 2.73. The minimum absolute atomic E-state index is 0.739. The fraction of sp³-hybridized carbons (Fsp3) is 0.400. The number of nitrogens with zero attached hydrogens (tertiary/aromatic N) is 5. The van der Waals surface area contributed by atoms with Crippen LogP contribution in [0.15, 0.2) is 17.6 Å². The van der Waals surface area contributed by atoms with Crippen LogP contribution >= 0.6 is 11.8 Å². The van der Waals surface area contributed by atoms with Gasteiger partial charge in [0.25, 0.3) is 0 Å². The summed E-state index contributed by atoms with van der Waals surface area (Å²) in [6.45, 7) is 1.93. The van der Waals surface area contributed by atoms with Gasteiger partial charge in [0, 0.05) is 19.8 Å². The first-order chi connectivity index (χ1) is 8.20. The number of hydrogen-bond acceptors (Lipinski definition) is 6. The Labute approximate surface area is 104 Å². The lowest BCUT2D eigenvalue weighted by Gasteiger charge is -2.02.